The van der Waals surface area contributed by atoms with Crippen molar-refractivity contribution in [2.45, 2.75) is 6.42 Å². The molecule has 4 rings (SSSR count). The fourth-order valence-electron chi connectivity index (χ4n) is 3.68. The van der Waals surface area contributed by atoms with Crippen molar-refractivity contribution in [2.24, 2.45) is 0 Å². The van der Waals surface area contributed by atoms with Gasteiger partial charge in [0, 0.05) is 48.1 Å². The van der Waals surface area contributed by atoms with E-state index in [1.54, 1.807) is 12.1 Å². The first-order valence-electron chi connectivity index (χ1n) is 10.3. The zero-order valence-corrected chi connectivity index (χ0v) is 17.9. The predicted octanol–water partition coefficient (Wildman–Crippen LogP) is 4.48. The SMILES string of the molecule is O=C(Cc1ccc(Cl)cc1)Nc1ccc(N2CCN(C(=O)c3ccccc3)CC2)cc1. The summed E-state index contributed by atoms with van der Waals surface area (Å²) >= 11 is 5.88. The number of halogens is 1. The topological polar surface area (TPSA) is 52.7 Å². The summed E-state index contributed by atoms with van der Waals surface area (Å²) in [5, 5.41) is 3.59. The Hall–Kier alpha value is -3.31. The van der Waals surface area contributed by atoms with Crippen LogP contribution in [0.25, 0.3) is 0 Å². The van der Waals surface area contributed by atoms with Crippen molar-refractivity contribution in [3.05, 3.63) is 95.0 Å². The first-order valence-corrected chi connectivity index (χ1v) is 10.7. The van der Waals surface area contributed by atoms with Crippen LogP contribution in [0, 0.1) is 0 Å². The van der Waals surface area contributed by atoms with Gasteiger partial charge in [0.2, 0.25) is 5.91 Å². The number of carbonyl (C=O) groups is 2. The minimum absolute atomic E-state index is 0.0666. The quantitative estimate of drug-likeness (QED) is 0.645. The number of piperazine rings is 1. The van der Waals surface area contributed by atoms with Gasteiger partial charge in [0.1, 0.15) is 0 Å². The molecule has 158 valence electrons. The fourth-order valence-corrected chi connectivity index (χ4v) is 3.81. The van der Waals surface area contributed by atoms with Crippen molar-refractivity contribution >= 4 is 34.8 Å². The van der Waals surface area contributed by atoms with E-state index in [9.17, 15) is 9.59 Å². The lowest BCUT2D eigenvalue weighted by molar-refractivity contribution is -0.115. The second-order valence-corrected chi connectivity index (χ2v) is 7.98. The second kappa shape index (κ2) is 9.67. The van der Waals surface area contributed by atoms with Crippen molar-refractivity contribution in [1.82, 2.24) is 4.90 Å². The summed E-state index contributed by atoms with van der Waals surface area (Å²) < 4.78 is 0. The van der Waals surface area contributed by atoms with Crippen LogP contribution in [0.2, 0.25) is 5.02 Å². The maximum atomic E-state index is 12.6. The zero-order valence-electron chi connectivity index (χ0n) is 17.1. The number of anilines is 2. The van der Waals surface area contributed by atoms with Gasteiger partial charge < -0.3 is 15.1 Å². The van der Waals surface area contributed by atoms with Crippen molar-refractivity contribution in [3.8, 4) is 0 Å². The van der Waals surface area contributed by atoms with Gasteiger partial charge in [-0.05, 0) is 54.1 Å². The van der Waals surface area contributed by atoms with Crippen LogP contribution in [0.1, 0.15) is 15.9 Å². The Bertz CT molecular complexity index is 1030. The van der Waals surface area contributed by atoms with E-state index in [1.165, 1.54) is 0 Å². The van der Waals surface area contributed by atoms with Crippen LogP contribution in [0.15, 0.2) is 78.9 Å². The van der Waals surface area contributed by atoms with Gasteiger partial charge in [-0.15, -0.1) is 0 Å². The maximum Gasteiger partial charge on any atom is 0.253 e. The van der Waals surface area contributed by atoms with Gasteiger partial charge in [0.05, 0.1) is 6.42 Å². The minimum Gasteiger partial charge on any atom is -0.368 e. The molecule has 0 aromatic heterocycles. The van der Waals surface area contributed by atoms with Crippen LogP contribution in [0.5, 0.6) is 0 Å². The summed E-state index contributed by atoms with van der Waals surface area (Å²) in [6.45, 7) is 2.93. The molecule has 0 radical (unpaired) electrons. The highest BCUT2D eigenvalue weighted by Crippen LogP contribution is 2.20. The summed E-state index contributed by atoms with van der Waals surface area (Å²) in [4.78, 5) is 29.0. The highest BCUT2D eigenvalue weighted by molar-refractivity contribution is 6.30. The van der Waals surface area contributed by atoms with E-state index in [0.717, 1.165) is 35.6 Å². The molecular weight excluding hydrogens is 410 g/mol. The van der Waals surface area contributed by atoms with Crippen molar-refractivity contribution < 1.29 is 9.59 Å². The smallest absolute Gasteiger partial charge is 0.253 e. The summed E-state index contributed by atoms with van der Waals surface area (Å²) in [5.41, 5.74) is 3.50. The van der Waals surface area contributed by atoms with Crippen LogP contribution in [0.3, 0.4) is 0 Å². The van der Waals surface area contributed by atoms with E-state index in [2.05, 4.69) is 10.2 Å². The number of carbonyl (C=O) groups excluding carboxylic acids is 2. The molecule has 0 bridgehead atoms. The number of benzene rings is 3. The largest absolute Gasteiger partial charge is 0.368 e. The Morgan fingerprint density at radius 2 is 1.45 bits per heavy atom. The number of amides is 2. The van der Waals surface area contributed by atoms with Gasteiger partial charge in [-0.1, -0.05) is 41.9 Å². The van der Waals surface area contributed by atoms with E-state index in [0.29, 0.717) is 24.5 Å². The molecule has 0 unspecified atom stereocenters. The van der Waals surface area contributed by atoms with Crippen molar-refractivity contribution in [2.75, 3.05) is 36.4 Å². The first-order chi connectivity index (χ1) is 15.1. The third-order valence-electron chi connectivity index (χ3n) is 5.38. The number of hydrogen-bond donors (Lipinski definition) is 1. The van der Waals surface area contributed by atoms with Crippen LogP contribution < -0.4 is 10.2 Å². The molecule has 3 aromatic carbocycles. The molecule has 2 amide bonds. The van der Waals surface area contributed by atoms with Gasteiger partial charge in [0.25, 0.3) is 5.91 Å². The summed E-state index contributed by atoms with van der Waals surface area (Å²) in [7, 11) is 0. The normalized spacial score (nSPS) is 13.7. The molecule has 1 aliphatic heterocycles. The average molecular weight is 434 g/mol. The minimum atomic E-state index is -0.0666. The Morgan fingerprint density at radius 1 is 0.806 bits per heavy atom. The van der Waals surface area contributed by atoms with E-state index in [-0.39, 0.29) is 11.8 Å². The Labute approximate surface area is 187 Å². The number of rotatable bonds is 5. The van der Waals surface area contributed by atoms with Crippen LogP contribution in [0.4, 0.5) is 11.4 Å². The number of nitrogens with zero attached hydrogens (tertiary/aromatic N) is 2. The summed E-state index contributed by atoms with van der Waals surface area (Å²) in [5.74, 6) is 0.0158. The molecule has 6 heteroatoms. The Morgan fingerprint density at radius 3 is 2.10 bits per heavy atom. The lowest BCUT2D eigenvalue weighted by Crippen LogP contribution is -2.48. The molecule has 5 nitrogen and oxygen atoms in total. The van der Waals surface area contributed by atoms with E-state index in [1.807, 2.05) is 71.6 Å². The first kappa shape index (κ1) is 20.9. The van der Waals surface area contributed by atoms with E-state index >= 15 is 0 Å². The van der Waals surface area contributed by atoms with Gasteiger partial charge in [-0.25, -0.2) is 0 Å². The molecule has 3 aromatic rings. The maximum absolute atomic E-state index is 12.6. The second-order valence-electron chi connectivity index (χ2n) is 7.54. The van der Waals surface area contributed by atoms with Crippen molar-refractivity contribution in [3.63, 3.8) is 0 Å². The lowest BCUT2D eigenvalue weighted by atomic mass is 10.1. The molecule has 1 saturated heterocycles. The zero-order chi connectivity index (χ0) is 21.6. The van der Waals surface area contributed by atoms with Gasteiger partial charge in [0.15, 0.2) is 0 Å². The van der Waals surface area contributed by atoms with Crippen molar-refractivity contribution in [1.29, 1.82) is 0 Å². The molecule has 1 heterocycles. The molecule has 1 N–H and O–H groups in total. The average Bonchev–Trinajstić information content (AvgIpc) is 2.81. The predicted molar refractivity (Wildman–Crippen MR) is 125 cm³/mol. The van der Waals surface area contributed by atoms with Crippen LogP contribution in [-0.4, -0.2) is 42.9 Å². The lowest BCUT2D eigenvalue weighted by Gasteiger charge is -2.36. The molecule has 1 aliphatic rings. The molecule has 31 heavy (non-hydrogen) atoms. The van der Waals surface area contributed by atoms with Crippen LogP contribution >= 0.6 is 11.6 Å². The molecule has 0 aliphatic carbocycles. The van der Waals surface area contributed by atoms with Gasteiger partial charge >= 0.3 is 0 Å². The molecule has 0 saturated carbocycles. The third kappa shape index (κ3) is 5.44. The van der Waals surface area contributed by atoms with Gasteiger partial charge in [-0.3, -0.25) is 9.59 Å². The number of hydrogen-bond acceptors (Lipinski definition) is 3. The fraction of sp³-hybridized carbons (Fsp3) is 0.200. The molecule has 0 atom stereocenters. The standard InChI is InChI=1S/C25H24ClN3O2/c26-21-8-6-19(7-9-21)18-24(30)27-22-10-12-23(13-11-22)28-14-16-29(17-15-28)25(31)20-4-2-1-3-5-20/h1-13H,14-18H2,(H,27,30). The Kier molecular flexibility index (Phi) is 6.53. The molecular formula is C25H24ClN3O2. The third-order valence-corrected chi connectivity index (χ3v) is 5.63. The highest BCUT2D eigenvalue weighted by atomic mass is 35.5. The number of nitrogens with one attached hydrogen (secondary N) is 1. The Balaban J connectivity index is 1.29. The summed E-state index contributed by atoms with van der Waals surface area (Å²) in [6, 6.07) is 24.5. The van der Waals surface area contributed by atoms with Crippen LogP contribution in [-0.2, 0) is 11.2 Å². The summed E-state index contributed by atoms with van der Waals surface area (Å²) in [6.07, 6.45) is 0.302. The molecule has 0 spiro atoms. The molecule has 1 fully saturated rings. The van der Waals surface area contributed by atoms with E-state index < -0.39 is 0 Å². The van der Waals surface area contributed by atoms with Gasteiger partial charge in [-0.2, -0.15) is 0 Å². The van der Waals surface area contributed by atoms with E-state index in [4.69, 9.17) is 11.6 Å². The highest BCUT2D eigenvalue weighted by Gasteiger charge is 2.22. The monoisotopic (exact) mass is 433 g/mol.